The number of carbonyl (C=O) groups is 1. The Balaban J connectivity index is 1.34. The summed E-state index contributed by atoms with van der Waals surface area (Å²) in [5.74, 6) is 1.78. The summed E-state index contributed by atoms with van der Waals surface area (Å²) in [5.41, 5.74) is 2.08. The van der Waals surface area contributed by atoms with Gasteiger partial charge in [-0.05, 0) is 48.3 Å². The van der Waals surface area contributed by atoms with E-state index in [4.69, 9.17) is 31.2 Å². The monoisotopic (exact) mass is 485 g/mol. The summed E-state index contributed by atoms with van der Waals surface area (Å²) in [6.07, 6.45) is 1.45. The maximum absolute atomic E-state index is 12.5. The van der Waals surface area contributed by atoms with E-state index in [0.29, 0.717) is 35.5 Å². The second-order valence-electron chi connectivity index (χ2n) is 8.32. The summed E-state index contributed by atoms with van der Waals surface area (Å²) in [5, 5.41) is 4.03. The van der Waals surface area contributed by atoms with Crippen molar-refractivity contribution in [1.82, 2.24) is 15.1 Å². The largest absolute Gasteiger partial charge is 0.493 e. The molecule has 8 nitrogen and oxygen atoms in total. The molecule has 0 saturated carbocycles. The van der Waals surface area contributed by atoms with Gasteiger partial charge in [-0.1, -0.05) is 30.3 Å². The lowest BCUT2D eigenvalue weighted by Crippen LogP contribution is -2.50. The molecule has 0 aromatic heterocycles. The molecule has 0 spiro atoms. The number of ether oxygens (including phenoxy) is 4. The van der Waals surface area contributed by atoms with E-state index in [1.165, 1.54) is 0 Å². The number of cyclic esters (lactones) is 1. The molecular weight excluding hydrogens is 454 g/mol. The molecule has 2 saturated heterocycles. The second-order valence-corrected chi connectivity index (χ2v) is 8.71. The first kappa shape index (κ1) is 23.9. The molecule has 1 amide bonds. The number of thiocarbonyl (C=S) groups is 1. The van der Waals surface area contributed by atoms with Crippen molar-refractivity contribution in [1.29, 1.82) is 0 Å². The summed E-state index contributed by atoms with van der Waals surface area (Å²) < 4.78 is 21.7. The molecule has 34 heavy (non-hydrogen) atoms. The highest BCUT2D eigenvalue weighted by molar-refractivity contribution is 7.80. The zero-order chi connectivity index (χ0) is 24.1. The molecule has 2 aliphatic rings. The van der Waals surface area contributed by atoms with Gasteiger partial charge in [0.1, 0.15) is 6.61 Å². The average molecular weight is 486 g/mol. The van der Waals surface area contributed by atoms with Crippen LogP contribution in [0.15, 0.2) is 42.5 Å². The molecule has 1 atom stereocenters. The van der Waals surface area contributed by atoms with Crippen LogP contribution in [0.5, 0.6) is 17.2 Å². The van der Waals surface area contributed by atoms with E-state index in [1.54, 1.807) is 21.3 Å². The van der Waals surface area contributed by atoms with Gasteiger partial charge in [0.2, 0.25) is 5.75 Å². The number of amides is 1. The second kappa shape index (κ2) is 10.8. The van der Waals surface area contributed by atoms with Crippen molar-refractivity contribution < 1.29 is 23.7 Å². The molecule has 0 radical (unpaired) electrons. The van der Waals surface area contributed by atoms with E-state index in [9.17, 15) is 4.79 Å². The molecule has 2 aromatic carbocycles. The first-order chi connectivity index (χ1) is 16.5. The van der Waals surface area contributed by atoms with Crippen LogP contribution in [0.4, 0.5) is 4.79 Å². The molecule has 2 aromatic rings. The lowest BCUT2D eigenvalue weighted by Gasteiger charge is -2.39. The lowest BCUT2D eigenvalue weighted by atomic mass is 9.99. The summed E-state index contributed by atoms with van der Waals surface area (Å²) in [6, 6.07) is 14.0. The topological polar surface area (TPSA) is 72.5 Å². The van der Waals surface area contributed by atoms with E-state index < -0.39 is 0 Å². The van der Waals surface area contributed by atoms with E-state index in [1.807, 2.05) is 35.2 Å². The fourth-order valence-corrected chi connectivity index (χ4v) is 4.90. The lowest BCUT2D eigenvalue weighted by molar-refractivity contribution is 0.123. The van der Waals surface area contributed by atoms with Crippen LogP contribution in [-0.2, 0) is 11.3 Å². The van der Waals surface area contributed by atoms with Crippen LogP contribution in [0.2, 0.25) is 0 Å². The number of likely N-dealkylation sites (tertiary alicyclic amines) is 1. The standard InChI is InChI=1S/C25H31N3O5S/c1-30-21-13-17(14-22(31-2)23(21)32-3)15-26-24(34)27-11-9-19(10-12-27)28-20(16-33-25(28)29)18-7-5-4-6-8-18/h4-8,13-14,19-20H,9-12,15-16H2,1-3H3,(H,26,34). The van der Waals surface area contributed by atoms with E-state index in [2.05, 4.69) is 22.3 Å². The highest BCUT2D eigenvalue weighted by atomic mass is 32.1. The Labute approximate surface area is 205 Å². The van der Waals surface area contributed by atoms with Crippen molar-refractivity contribution in [3.8, 4) is 17.2 Å². The van der Waals surface area contributed by atoms with Crippen molar-refractivity contribution in [3.63, 3.8) is 0 Å². The van der Waals surface area contributed by atoms with E-state index in [0.717, 1.165) is 37.1 Å². The van der Waals surface area contributed by atoms with Crippen LogP contribution in [0.25, 0.3) is 0 Å². The number of hydrogen-bond acceptors (Lipinski definition) is 6. The number of methoxy groups -OCH3 is 3. The summed E-state index contributed by atoms with van der Waals surface area (Å²) in [7, 11) is 4.78. The molecule has 1 unspecified atom stereocenters. The normalized spacial score (nSPS) is 18.4. The summed E-state index contributed by atoms with van der Waals surface area (Å²) in [4.78, 5) is 16.6. The third kappa shape index (κ3) is 4.99. The zero-order valence-electron chi connectivity index (χ0n) is 19.8. The quantitative estimate of drug-likeness (QED) is 0.595. The summed E-state index contributed by atoms with van der Waals surface area (Å²) >= 11 is 5.66. The molecule has 2 heterocycles. The van der Waals surface area contributed by atoms with Crippen LogP contribution in [0.3, 0.4) is 0 Å². The minimum absolute atomic E-state index is 0.0321. The minimum atomic E-state index is -0.226. The minimum Gasteiger partial charge on any atom is -0.493 e. The third-order valence-electron chi connectivity index (χ3n) is 6.41. The number of nitrogens with zero attached hydrogens (tertiary/aromatic N) is 2. The van der Waals surface area contributed by atoms with Gasteiger partial charge >= 0.3 is 6.09 Å². The Bertz CT molecular complexity index is 986. The van der Waals surface area contributed by atoms with Crippen LogP contribution in [0.1, 0.15) is 30.0 Å². The van der Waals surface area contributed by atoms with Gasteiger partial charge < -0.3 is 29.2 Å². The van der Waals surface area contributed by atoms with Gasteiger partial charge in [0.15, 0.2) is 16.6 Å². The Morgan fingerprint density at radius 1 is 1.06 bits per heavy atom. The van der Waals surface area contributed by atoms with Crippen molar-refractivity contribution in [2.24, 2.45) is 0 Å². The SMILES string of the molecule is COc1cc(CNC(=S)N2CCC(N3C(=O)OCC3c3ccccc3)CC2)cc(OC)c1OC. The molecule has 9 heteroatoms. The van der Waals surface area contributed by atoms with Gasteiger partial charge in [-0.3, -0.25) is 4.90 Å². The molecule has 182 valence electrons. The highest BCUT2D eigenvalue weighted by Crippen LogP contribution is 2.38. The maximum atomic E-state index is 12.5. The van der Waals surface area contributed by atoms with Gasteiger partial charge in [0, 0.05) is 25.7 Å². The number of carbonyl (C=O) groups excluding carboxylic acids is 1. The van der Waals surface area contributed by atoms with E-state index >= 15 is 0 Å². The van der Waals surface area contributed by atoms with Gasteiger partial charge in [-0.2, -0.15) is 0 Å². The zero-order valence-corrected chi connectivity index (χ0v) is 20.6. The smallest absolute Gasteiger partial charge is 0.410 e. The predicted octanol–water partition coefficient (Wildman–Crippen LogP) is 3.74. The fourth-order valence-electron chi connectivity index (χ4n) is 4.64. The van der Waals surface area contributed by atoms with Gasteiger partial charge in [-0.25, -0.2) is 4.79 Å². The van der Waals surface area contributed by atoms with Crippen molar-refractivity contribution >= 4 is 23.4 Å². The van der Waals surface area contributed by atoms with Crippen molar-refractivity contribution in [2.75, 3.05) is 41.0 Å². The van der Waals surface area contributed by atoms with Crippen LogP contribution in [0, 0.1) is 0 Å². The Hall–Kier alpha value is -3.20. The number of rotatable bonds is 7. The van der Waals surface area contributed by atoms with Crippen molar-refractivity contribution in [2.45, 2.75) is 31.5 Å². The molecule has 2 aliphatic heterocycles. The number of benzene rings is 2. The van der Waals surface area contributed by atoms with E-state index in [-0.39, 0.29) is 18.2 Å². The molecular formula is C25H31N3O5S. The Morgan fingerprint density at radius 3 is 2.29 bits per heavy atom. The fraction of sp³-hybridized carbons (Fsp3) is 0.440. The third-order valence-corrected chi connectivity index (χ3v) is 6.81. The molecule has 1 N–H and O–H groups in total. The Kier molecular flexibility index (Phi) is 7.62. The molecule has 4 rings (SSSR count). The molecule has 2 fully saturated rings. The molecule has 0 aliphatic carbocycles. The first-order valence-electron chi connectivity index (χ1n) is 11.4. The first-order valence-corrected chi connectivity index (χ1v) is 11.8. The van der Waals surface area contributed by atoms with Gasteiger partial charge in [-0.15, -0.1) is 0 Å². The molecule has 0 bridgehead atoms. The van der Waals surface area contributed by atoms with Crippen LogP contribution < -0.4 is 19.5 Å². The van der Waals surface area contributed by atoms with Crippen LogP contribution in [-0.4, -0.2) is 68.1 Å². The van der Waals surface area contributed by atoms with Gasteiger partial charge in [0.25, 0.3) is 0 Å². The number of hydrogen-bond donors (Lipinski definition) is 1. The average Bonchev–Trinajstić information content (AvgIpc) is 3.28. The number of nitrogens with one attached hydrogen (secondary N) is 1. The van der Waals surface area contributed by atoms with Crippen molar-refractivity contribution in [3.05, 3.63) is 53.6 Å². The maximum Gasteiger partial charge on any atom is 0.410 e. The van der Waals surface area contributed by atoms with Crippen LogP contribution >= 0.6 is 12.2 Å². The van der Waals surface area contributed by atoms with Gasteiger partial charge in [0.05, 0.1) is 27.4 Å². The number of piperidine rings is 1. The Morgan fingerprint density at radius 2 is 1.71 bits per heavy atom. The predicted molar refractivity (Wildman–Crippen MR) is 133 cm³/mol. The highest BCUT2D eigenvalue weighted by Gasteiger charge is 2.40. The summed E-state index contributed by atoms with van der Waals surface area (Å²) in [6.45, 7) is 2.48.